The van der Waals surface area contributed by atoms with Gasteiger partial charge in [0.15, 0.2) is 0 Å². The Morgan fingerprint density at radius 3 is 2.92 bits per heavy atom. The van der Waals surface area contributed by atoms with E-state index in [0.717, 1.165) is 0 Å². The van der Waals surface area contributed by atoms with Crippen molar-refractivity contribution < 1.29 is 9.90 Å². The monoisotopic (exact) mass is 188 g/mol. The van der Waals surface area contributed by atoms with Crippen molar-refractivity contribution in [1.29, 1.82) is 0 Å². The topological polar surface area (TPSA) is 80.9 Å². The van der Waals surface area contributed by atoms with Crippen LogP contribution in [0.1, 0.15) is 19.4 Å². The molecule has 12 heavy (non-hydrogen) atoms. The number of hydrogen-bond donors (Lipinski definition) is 2. The molecule has 0 aromatic carbocycles. The molecule has 1 rings (SSSR count). The molecule has 0 saturated carbocycles. The minimum Gasteiger partial charge on any atom is -0.481 e. The predicted molar refractivity (Wildman–Crippen MR) is 42.0 cm³/mol. The Hall–Kier alpha value is -1.11. The average molecular weight is 188 g/mol. The molecule has 1 unspecified atom stereocenters. The number of nitrogens with zero attached hydrogens (tertiary/aromatic N) is 4. The Labute approximate surface area is 74.0 Å². The van der Waals surface area contributed by atoms with Crippen LogP contribution in [0, 0.1) is 0 Å². The van der Waals surface area contributed by atoms with Gasteiger partial charge in [-0.25, -0.2) is 4.68 Å². The first-order valence-corrected chi connectivity index (χ1v) is 3.74. The first-order chi connectivity index (χ1) is 5.61. The second kappa shape index (κ2) is 3.53. The molecule has 66 valence electrons. The third kappa shape index (κ3) is 1.94. The molecule has 1 atom stereocenters. The van der Waals surface area contributed by atoms with Gasteiger partial charge in [-0.3, -0.25) is 4.79 Å². The molecular weight excluding hydrogens is 180 g/mol. The smallest absolute Gasteiger partial charge is 0.305 e. The number of aromatic nitrogens is 4. The number of thiol groups is 1. The highest BCUT2D eigenvalue weighted by molar-refractivity contribution is 7.80. The lowest BCUT2D eigenvalue weighted by atomic mass is 10.2. The highest BCUT2D eigenvalue weighted by Crippen LogP contribution is 2.11. The minimum absolute atomic E-state index is 0.0153. The van der Waals surface area contributed by atoms with Crippen molar-refractivity contribution in [1.82, 2.24) is 20.2 Å². The molecule has 1 heterocycles. The van der Waals surface area contributed by atoms with Gasteiger partial charge in [0.1, 0.15) is 0 Å². The quantitative estimate of drug-likeness (QED) is 0.652. The van der Waals surface area contributed by atoms with Crippen LogP contribution in [-0.2, 0) is 4.79 Å². The molecule has 0 radical (unpaired) electrons. The Morgan fingerprint density at radius 1 is 1.83 bits per heavy atom. The third-order valence-electron chi connectivity index (χ3n) is 1.36. The number of hydrogen-bond acceptors (Lipinski definition) is 5. The van der Waals surface area contributed by atoms with Gasteiger partial charge in [-0.1, -0.05) is 0 Å². The van der Waals surface area contributed by atoms with Crippen LogP contribution in [0.4, 0.5) is 0 Å². The van der Waals surface area contributed by atoms with E-state index < -0.39 is 5.97 Å². The molecule has 0 bridgehead atoms. The standard InChI is InChI=1S/C5H8N4O2S/c1-3(2-4(10)11)9-5(12)6-7-8-9/h3H,2H2,1H3,(H,10,11)(H,6,8,12). The summed E-state index contributed by atoms with van der Waals surface area (Å²) < 4.78 is 1.36. The first kappa shape index (κ1) is 8.98. The molecule has 0 amide bonds. The van der Waals surface area contributed by atoms with Crippen LogP contribution in [0.3, 0.4) is 0 Å². The third-order valence-corrected chi connectivity index (χ3v) is 1.66. The first-order valence-electron chi connectivity index (χ1n) is 3.30. The van der Waals surface area contributed by atoms with E-state index in [-0.39, 0.29) is 12.5 Å². The maximum atomic E-state index is 10.3. The lowest BCUT2D eigenvalue weighted by Crippen LogP contribution is -2.12. The van der Waals surface area contributed by atoms with Gasteiger partial charge in [0, 0.05) is 0 Å². The lowest BCUT2D eigenvalue weighted by molar-refractivity contribution is -0.137. The number of carboxylic acid groups (broad SMARTS) is 1. The van der Waals surface area contributed by atoms with Crippen LogP contribution in [0.5, 0.6) is 0 Å². The van der Waals surface area contributed by atoms with Crippen molar-refractivity contribution in [3.63, 3.8) is 0 Å². The highest BCUT2D eigenvalue weighted by Gasteiger charge is 2.13. The second-order valence-corrected chi connectivity index (χ2v) is 2.77. The van der Waals surface area contributed by atoms with Crippen LogP contribution in [-0.4, -0.2) is 31.3 Å². The van der Waals surface area contributed by atoms with Crippen LogP contribution >= 0.6 is 12.6 Å². The maximum Gasteiger partial charge on any atom is 0.305 e. The molecule has 7 heteroatoms. The van der Waals surface area contributed by atoms with Gasteiger partial charge >= 0.3 is 5.97 Å². The summed E-state index contributed by atoms with van der Waals surface area (Å²) in [6.07, 6.45) is -0.0153. The second-order valence-electron chi connectivity index (χ2n) is 2.37. The van der Waals surface area contributed by atoms with E-state index in [4.69, 9.17) is 5.11 Å². The van der Waals surface area contributed by atoms with Gasteiger partial charge in [-0.15, -0.1) is 17.7 Å². The number of carboxylic acids is 1. The minimum atomic E-state index is -0.884. The maximum absolute atomic E-state index is 10.3. The van der Waals surface area contributed by atoms with Crippen LogP contribution < -0.4 is 0 Å². The fourth-order valence-corrected chi connectivity index (χ4v) is 1.09. The predicted octanol–water partition coefficient (Wildman–Crippen LogP) is -0.00250. The average Bonchev–Trinajstić information content (AvgIpc) is 2.33. The summed E-state index contributed by atoms with van der Waals surface area (Å²) in [5.41, 5.74) is 0. The van der Waals surface area contributed by atoms with E-state index in [1.54, 1.807) is 6.92 Å². The SMILES string of the molecule is CC(CC(=O)O)n1nnnc1S. The number of tetrazole rings is 1. The fourth-order valence-electron chi connectivity index (χ4n) is 0.813. The van der Waals surface area contributed by atoms with E-state index in [9.17, 15) is 4.79 Å². The van der Waals surface area contributed by atoms with Gasteiger partial charge in [-0.05, 0) is 17.4 Å². The molecule has 1 N–H and O–H groups in total. The molecule has 0 aliphatic carbocycles. The van der Waals surface area contributed by atoms with Gasteiger partial charge in [-0.2, -0.15) is 0 Å². The zero-order chi connectivity index (χ0) is 9.14. The molecule has 0 aliphatic heterocycles. The molecule has 0 saturated heterocycles. The summed E-state index contributed by atoms with van der Waals surface area (Å²) in [6.45, 7) is 1.71. The molecule has 6 nitrogen and oxygen atoms in total. The Balaban J connectivity index is 2.71. The Bertz CT molecular complexity index is 287. The normalized spacial score (nSPS) is 12.8. The molecular formula is C5H8N4O2S. The van der Waals surface area contributed by atoms with Gasteiger partial charge < -0.3 is 5.11 Å². The zero-order valence-corrected chi connectivity index (χ0v) is 7.27. The summed E-state index contributed by atoms with van der Waals surface area (Å²) in [7, 11) is 0. The fraction of sp³-hybridized carbons (Fsp3) is 0.600. The molecule has 0 spiro atoms. The van der Waals surface area contributed by atoms with Crippen molar-refractivity contribution in [2.45, 2.75) is 24.5 Å². The Kier molecular flexibility index (Phi) is 2.64. The highest BCUT2D eigenvalue weighted by atomic mass is 32.1. The molecule has 1 aromatic heterocycles. The summed E-state index contributed by atoms with van der Waals surface area (Å²) in [6, 6.07) is -0.273. The summed E-state index contributed by atoms with van der Waals surface area (Å²) in [5, 5.41) is 19.2. The number of aliphatic carboxylic acids is 1. The van der Waals surface area contributed by atoms with Crippen molar-refractivity contribution in [3.8, 4) is 0 Å². The van der Waals surface area contributed by atoms with E-state index in [2.05, 4.69) is 28.2 Å². The number of rotatable bonds is 3. The van der Waals surface area contributed by atoms with Crippen molar-refractivity contribution >= 4 is 18.6 Å². The number of carbonyl (C=O) groups is 1. The summed E-state index contributed by atoms with van der Waals surface area (Å²) >= 11 is 3.94. The molecule has 0 aliphatic rings. The van der Waals surface area contributed by atoms with E-state index in [1.807, 2.05) is 0 Å². The van der Waals surface area contributed by atoms with Gasteiger partial charge in [0.25, 0.3) is 0 Å². The van der Waals surface area contributed by atoms with Crippen LogP contribution in [0.25, 0.3) is 0 Å². The Morgan fingerprint density at radius 2 is 2.50 bits per heavy atom. The van der Waals surface area contributed by atoms with Crippen molar-refractivity contribution in [2.75, 3.05) is 0 Å². The molecule has 0 fully saturated rings. The van der Waals surface area contributed by atoms with E-state index >= 15 is 0 Å². The van der Waals surface area contributed by atoms with E-state index in [1.165, 1.54) is 4.68 Å². The van der Waals surface area contributed by atoms with Gasteiger partial charge in [0.05, 0.1) is 12.5 Å². The summed E-state index contributed by atoms with van der Waals surface area (Å²) in [4.78, 5) is 10.3. The van der Waals surface area contributed by atoms with Crippen molar-refractivity contribution in [2.24, 2.45) is 0 Å². The largest absolute Gasteiger partial charge is 0.481 e. The lowest BCUT2D eigenvalue weighted by Gasteiger charge is -2.07. The van der Waals surface area contributed by atoms with Crippen LogP contribution in [0.2, 0.25) is 0 Å². The summed E-state index contributed by atoms with van der Waals surface area (Å²) in [5.74, 6) is -0.884. The van der Waals surface area contributed by atoms with Gasteiger partial charge in [0.2, 0.25) is 5.16 Å². The molecule has 1 aromatic rings. The van der Waals surface area contributed by atoms with Crippen molar-refractivity contribution in [3.05, 3.63) is 0 Å². The van der Waals surface area contributed by atoms with Crippen LogP contribution in [0.15, 0.2) is 5.16 Å². The zero-order valence-electron chi connectivity index (χ0n) is 6.38. The van der Waals surface area contributed by atoms with E-state index in [0.29, 0.717) is 5.16 Å².